The second-order valence-electron chi connectivity index (χ2n) is 2.09. The van der Waals surface area contributed by atoms with Crippen LogP contribution in [-0.2, 0) is 4.57 Å². The van der Waals surface area contributed by atoms with Gasteiger partial charge >= 0.3 is 74.4 Å². The van der Waals surface area contributed by atoms with Crippen molar-refractivity contribution in [3.63, 3.8) is 0 Å². The predicted molar refractivity (Wildman–Crippen MR) is 44.6 cm³/mol. The Morgan fingerprint density at radius 1 is 1.31 bits per heavy atom. The van der Waals surface area contributed by atoms with Gasteiger partial charge in [0.1, 0.15) is 0 Å². The molecule has 0 bridgehead atoms. The molecule has 0 radical (unpaired) electrons. The molecule has 1 aromatic carbocycles. The Morgan fingerprint density at radius 3 is 2.15 bits per heavy atom. The Kier molecular flexibility index (Phi) is 10.9. The van der Waals surface area contributed by atoms with Gasteiger partial charge in [0.25, 0.3) is 0 Å². The van der Waals surface area contributed by atoms with E-state index in [-0.39, 0.29) is 63.4 Å². The Bertz CT molecular complexity index is 266. The van der Waals surface area contributed by atoms with E-state index >= 15 is 0 Å². The molecule has 0 aliphatic carbocycles. The molecular formula is C7H11Na2O3P+2. The molecule has 0 spiro atoms. The third-order valence-electron chi connectivity index (χ3n) is 1.31. The van der Waals surface area contributed by atoms with Crippen LogP contribution in [-0.4, -0.2) is 10.00 Å². The van der Waals surface area contributed by atoms with Gasteiger partial charge in [-0.15, -0.1) is 0 Å². The maximum atomic E-state index is 10.4. The van der Waals surface area contributed by atoms with Crippen LogP contribution in [0.3, 0.4) is 0 Å². The smallest absolute Gasteiger partial charge is 1.00 e. The SMILES string of the molecule is O=[P+](O)C(O)c1ccccc1.[H+].[H-].[H-].[Na+].[Na+]. The standard InChI is InChI=1S/C7H7O3P.2Na.2H/c8-7(11(9)10)6-4-2-1-3-5-6;;;;/h1-5,7-8H;;;;/q;2*+1;2*-1/p+2. The van der Waals surface area contributed by atoms with Crippen molar-refractivity contribution in [3.8, 4) is 0 Å². The maximum absolute atomic E-state index is 10.4. The molecule has 2 atom stereocenters. The summed E-state index contributed by atoms with van der Waals surface area (Å²) in [5.41, 5.74) is 0.469. The van der Waals surface area contributed by atoms with Crippen LogP contribution in [0.4, 0.5) is 0 Å². The van der Waals surface area contributed by atoms with Gasteiger partial charge in [-0.2, -0.15) is 4.89 Å². The largest absolute Gasteiger partial charge is 1.00 e. The van der Waals surface area contributed by atoms with Gasteiger partial charge < -0.3 is 7.96 Å². The minimum atomic E-state index is -2.53. The minimum Gasteiger partial charge on any atom is -1.00 e. The van der Waals surface area contributed by atoms with Gasteiger partial charge in [-0.25, -0.2) is 0 Å². The van der Waals surface area contributed by atoms with Crippen molar-refractivity contribution in [2.75, 3.05) is 0 Å². The zero-order valence-corrected chi connectivity index (χ0v) is 12.6. The summed E-state index contributed by atoms with van der Waals surface area (Å²) < 4.78 is 10.4. The summed E-state index contributed by atoms with van der Waals surface area (Å²) in [7, 11) is -2.53. The fourth-order valence-corrected chi connectivity index (χ4v) is 1.18. The number of hydrogen-bond acceptors (Lipinski definition) is 2. The van der Waals surface area contributed by atoms with Crippen molar-refractivity contribution in [1.29, 1.82) is 0 Å². The summed E-state index contributed by atoms with van der Waals surface area (Å²) >= 11 is 0. The Balaban J connectivity index is -0.0000000807. The topological polar surface area (TPSA) is 57.5 Å². The second-order valence-corrected chi connectivity index (χ2v) is 3.18. The van der Waals surface area contributed by atoms with Crippen molar-refractivity contribution < 1.29 is 78.0 Å². The molecule has 0 aliphatic rings. The Morgan fingerprint density at radius 2 is 1.77 bits per heavy atom. The van der Waals surface area contributed by atoms with E-state index in [4.69, 9.17) is 10.00 Å². The zero-order chi connectivity index (χ0) is 8.27. The molecule has 2 unspecified atom stereocenters. The number of hydrogen-bond donors (Lipinski definition) is 2. The molecule has 3 nitrogen and oxygen atoms in total. The molecule has 0 aromatic heterocycles. The molecule has 6 heteroatoms. The van der Waals surface area contributed by atoms with E-state index in [0.717, 1.165) is 0 Å². The fraction of sp³-hybridized carbons (Fsp3) is 0.143. The Labute approximate surface area is 126 Å². The van der Waals surface area contributed by atoms with Crippen molar-refractivity contribution in [1.82, 2.24) is 0 Å². The van der Waals surface area contributed by atoms with E-state index in [0.29, 0.717) is 5.56 Å². The normalized spacial score (nSPS) is 12.0. The van der Waals surface area contributed by atoms with Crippen LogP contribution in [0.1, 0.15) is 15.7 Å². The molecule has 1 rings (SSSR count). The van der Waals surface area contributed by atoms with Gasteiger partial charge in [0.2, 0.25) is 0 Å². The monoisotopic (exact) mass is 220 g/mol. The van der Waals surface area contributed by atoms with Gasteiger partial charge in [-0.3, -0.25) is 0 Å². The summed E-state index contributed by atoms with van der Waals surface area (Å²) in [5.74, 6) is -1.26. The number of aliphatic hydroxyl groups is 1. The third kappa shape index (κ3) is 5.63. The number of rotatable bonds is 2. The van der Waals surface area contributed by atoms with Crippen molar-refractivity contribution >= 4 is 8.03 Å². The zero-order valence-electron chi connectivity index (χ0n) is 10.7. The molecule has 0 fully saturated rings. The van der Waals surface area contributed by atoms with E-state index in [1.54, 1.807) is 30.3 Å². The summed E-state index contributed by atoms with van der Waals surface area (Å²) in [6.07, 6.45) is 0. The van der Waals surface area contributed by atoms with Crippen LogP contribution in [0, 0.1) is 0 Å². The van der Waals surface area contributed by atoms with Crippen LogP contribution in [0.2, 0.25) is 0 Å². The maximum Gasteiger partial charge on any atom is 1.00 e. The van der Waals surface area contributed by atoms with Crippen LogP contribution >= 0.6 is 8.03 Å². The second kappa shape index (κ2) is 8.54. The van der Waals surface area contributed by atoms with E-state index < -0.39 is 13.9 Å². The average Bonchev–Trinajstić information content (AvgIpc) is 2.05. The molecule has 62 valence electrons. The van der Waals surface area contributed by atoms with Gasteiger partial charge in [0.15, 0.2) is 0 Å². The van der Waals surface area contributed by atoms with Crippen LogP contribution < -0.4 is 59.1 Å². The molecule has 0 aliphatic heterocycles. The fourth-order valence-electron chi connectivity index (χ4n) is 0.753. The quantitative estimate of drug-likeness (QED) is 0.392. The molecule has 0 saturated carbocycles. The molecule has 1 aromatic rings. The molecule has 0 saturated heterocycles. The van der Waals surface area contributed by atoms with Crippen molar-refractivity contribution in [3.05, 3.63) is 35.9 Å². The summed E-state index contributed by atoms with van der Waals surface area (Å²) in [6, 6.07) is 8.40. The summed E-state index contributed by atoms with van der Waals surface area (Å²) in [4.78, 5) is 8.53. The van der Waals surface area contributed by atoms with E-state index in [9.17, 15) is 4.57 Å². The summed E-state index contributed by atoms with van der Waals surface area (Å²) in [5, 5.41) is 9.06. The summed E-state index contributed by atoms with van der Waals surface area (Å²) in [6.45, 7) is 0. The van der Waals surface area contributed by atoms with Crippen molar-refractivity contribution in [2.45, 2.75) is 5.85 Å². The average molecular weight is 220 g/mol. The van der Waals surface area contributed by atoms with Crippen molar-refractivity contribution in [2.24, 2.45) is 0 Å². The molecule has 2 N–H and O–H groups in total. The van der Waals surface area contributed by atoms with E-state index in [1.807, 2.05) is 0 Å². The Hall–Kier alpha value is 1.24. The third-order valence-corrected chi connectivity index (χ3v) is 2.02. The number of aliphatic hydroxyl groups excluding tert-OH is 1. The molecule has 0 heterocycles. The van der Waals surface area contributed by atoms with E-state index in [1.165, 1.54) is 0 Å². The van der Waals surface area contributed by atoms with Crippen LogP contribution in [0.15, 0.2) is 30.3 Å². The van der Waals surface area contributed by atoms with Gasteiger partial charge in [0.05, 0.1) is 0 Å². The van der Waals surface area contributed by atoms with Gasteiger partial charge in [0, 0.05) is 5.56 Å². The van der Waals surface area contributed by atoms with Gasteiger partial charge in [-0.1, -0.05) is 30.3 Å². The number of benzene rings is 1. The first-order valence-corrected chi connectivity index (χ1v) is 4.38. The minimum absolute atomic E-state index is 0. The molecule has 13 heavy (non-hydrogen) atoms. The van der Waals surface area contributed by atoms with E-state index in [2.05, 4.69) is 0 Å². The first-order valence-electron chi connectivity index (χ1n) is 3.10. The van der Waals surface area contributed by atoms with Gasteiger partial charge in [-0.05, 0) is 4.57 Å². The first-order chi connectivity index (χ1) is 5.22. The molecule has 0 amide bonds. The first kappa shape index (κ1) is 16.7. The van der Waals surface area contributed by atoms with Crippen LogP contribution in [0.25, 0.3) is 0 Å². The molecular weight excluding hydrogens is 209 g/mol. The van der Waals surface area contributed by atoms with Crippen LogP contribution in [0.5, 0.6) is 0 Å². The predicted octanol–water partition coefficient (Wildman–Crippen LogP) is -4.24.